The molecule has 1 aliphatic heterocycles. The van der Waals surface area contributed by atoms with E-state index in [4.69, 9.17) is 8.99 Å². The molecule has 146 valence electrons. The van der Waals surface area contributed by atoms with E-state index in [9.17, 15) is 9.60 Å². The second-order valence-corrected chi connectivity index (χ2v) is 8.70. The van der Waals surface area contributed by atoms with Crippen molar-refractivity contribution >= 4 is 44.0 Å². The number of anilines is 1. The van der Waals surface area contributed by atoms with Crippen LogP contribution < -0.4 is 10.8 Å². The molecule has 1 saturated heterocycles. The number of hydrogen-bond acceptors (Lipinski definition) is 7. The monoisotopic (exact) mass is 458 g/mol. The van der Waals surface area contributed by atoms with Gasteiger partial charge >= 0.3 is 0 Å². The zero-order valence-corrected chi connectivity index (χ0v) is 16.9. The molecule has 3 N–H and O–H groups in total. The maximum atomic E-state index is 13.3. The van der Waals surface area contributed by atoms with Gasteiger partial charge in [-0.2, -0.15) is 0 Å². The lowest BCUT2D eigenvalue weighted by Crippen LogP contribution is -2.22. The fraction of sp³-hybridized carbons (Fsp3) is 0.438. The SMILES string of the molecule is ONC(=Nc1ccc(F)c(Br)c1)c1nonc1NCCN=S1CCCCC1. The molecule has 11 heteroatoms. The summed E-state index contributed by atoms with van der Waals surface area (Å²) < 4.78 is 23.1. The number of nitrogens with zero attached hydrogens (tertiary/aromatic N) is 4. The van der Waals surface area contributed by atoms with E-state index in [1.165, 1.54) is 49.0 Å². The van der Waals surface area contributed by atoms with Crippen molar-refractivity contribution in [3.63, 3.8) is 0 Å². The minimum absolute atomic E-state index is 0.0309. The van der Waals surface area contributed by atoms with Crippen LogP contribution in [0.5, 0.6) is 0 Å². The van der Waals surface area contributed by atoms with E-state index in [1.54, 1.807) is 0 Å². The molecule has 1 aromatic carbocycles. The number of amidine groups is 1. The molecule has 3 rings (SSSR count). The van der Waals surface area contributed by atoms with Crippen molar-refractivity contribution in [2.45, 2.75) is 19.3 Å². The first-order chi connectivity index (χ1) is 13.2. The molecule has 0 bridgehead atoms. The van der Waals surface area contributed by atoms with E-state index in [2.05, 4.69) is 36.6 Å². The lowest BCUT2D eigenvalue weighted by molar-refractivity contribution is 0.234. The number of nitrogens with one attached hydrogen (secondary N) is 2. The van der Waals surface area contributed by atoms with Crippen molar-refractivity contribution in [3.05, 3.63) is 34.2 Å². The normalized spacial score (nSPS) is 15.6. The average Bonchev–Trinajstić information content (AvgIpc) is 3.15. The molecule has 27 heavy (non-hydrogen) atoms. The van der Waals surface area contributed by atoms with Gasteiger partial charge in [0, 0.05) is 18.1 Å². The predicted molar refractivity (Wildman–Crippen MR) is 106 cm³/mol. The van der Waals surface area contributed by atoms with Gasteiger partial charge in [0.25, 0.3) is 0 Å². The average molecular weight is 459 g/mol. The van der Waals surface area contributed by atoms with Crippen LogP contribution in [0.25, 0.3) is 0 Å². The summed E-state index contributed by atoms with van der Waals surface area (Å²) in [5.74, 6) is 2.35. The number of hydroxylamine groups is 1. The van der Waals surface area contributed by atoms with Gasteiger partial charge in [0.2, 0.25) is 5.82 Å². The number of rotatable bonds is 6. The quantitative estimate of drug-likeness (QED) is 0.265. The van der Waals surface area contributed by atoms with E-state index >= 15 is 0 Å². The summed E-state index contributed by atoms with van der Waals surface area (Å²) in [7, 11) is 0.175. The maximum Gasteiger partial charge on any atom is 0.202 e. The second-order valence-electron chi connectivity index (χ2n) is 5.84. The van der Waals surface area contributed by atoms with Gasteiger partial charge < -0.3 is 5.32 Å². The van der Waals surface area contributed by atoms with Gasteiger partial charge in [-0.3, -0.25) is 15.1 Å². The summed E-state index contributed by atoms with van der Waals surface area (Å²) in [4.78, 5) is 4.22. The van der Waals surface area contributed by atoms with Crippen molar-refractivity contribution < 1.29 is 14.2 Å². The number of aliphatic imine (C=N–C) groups is 1. The Hall–Kier alpha value is -1.85. The summed E-state index contributed by atoms with van der Waals surface area (Å²) in [6.07, 6.45) is 3.84. The van der Waals surface area contributed by atoms with Gasteiger partial charge in [0.05, 0.1) is 16.7 Å². The van der Waals surface area contributed by atoms with Gasteiger partial charge in [-0.1, -0.05) is 6.42 Å². The first kappa shape index (κ1) is 19.9. The molecule has 0 amide bonds. The van der Waals surface area contributed by atoms with Crippen molar-refractivity contribution in [1.29, 1.82) is 0 Å². The molecule has 0 spiro atoms. The Morgan fingerprint density at radius 2 is 2.11 bits per heavy atom. The molecule has 0 atom stereocenters. The number of hydrogen-bond donors (Lipinski definition) is 3. The summed E-state index contributed by atoms with van der Waals surface area (Å²) >= 11 is 3.10. The third kappa shape index (κ3) is 5.56. The Kier molecular flexibility index (Phi) is 7.30. The Morgan fingerprint density at radius 1 is 1.30 bits per heavy atom. The van der Waals surface area contributed by atoms with Crippen LogP contribution in [0.1, 0.15) is 25.0 Å². The van der Waals surface area contributed by atoms with Crippen LogP contribution in [0.2, 0.25) is 0 Å². The molecule has 0 saturated carbocycles. The lowest BCUT2D eigenvalue weighted by Gasteiger charge is -2.13. The van der Waals surface area contributed by atoms with Crippen LogP contribution in [-0.2, 0) is 10.7 Å². The van der Waals surface area contributed by atoms with Crippen LogP contribution in [0, 0.1) is 5.82 Å². The highest BCUT2D eigenvalue weighted by atomic mass is 79.9. The van der Waals surface area contributed by atoms with Gasteiger partial charge in [0.1, 0.15) is 5.82 Å². The summed E-state index contributed by atoms with van der Waals surface area (Å²) in [6.45, 7) is 1.24. The predicted octanol–water partition coefficient (Wildman–Crippen LogP) is 3.43. The third-order valence-corrected chi connectivity index (χ3v) is 6.58. The second kappa shape index (κ2) is 9.90. The number of aromatic nitrogens is 2. The lowest BCUT2D eigenvalue weighted by atomic mass is 10.3. The van der Waals surface area contributed by atoms with E-state index < -0.39 is 5.82 Å². The summed E-state index contributed by atoms with van der Waals surface area (Å²) in [6, 6.07) is 4.23. The zero-order valence-electron chi connectivity index (χ0n) is 14.5. The fourth-order valence-electron chi connectivity index (χ4n) is 2.57. The zero-order chi connectivity index (χ0) is 19.1. The number of halogens is 2. The highest BCUT2D eigenvalue weighted by molar-refractivity contribution is 9.10. The summed E-state index contributed by atoms with van der Waals surface area (Å²) in [5.41, 5.74) is 2.63. The molecule has 0 aliphatic carbocycles. The fourth-order valence-corrected chi connectivity index (χ4v) is 4.82. The smallest absolute Gasteiger partial charge is 0.202 e. The highest BCUT2D eigenvalue weighted by Crippen LogP contribution is 2.23. The maximum absolute atomic E-state index is 13.3. The Morgan fingerprint density at radius 3 is 2.85 bits per heavy atom. The minimum atomic E-state index is -0.402. The van der Waals surface area contributed by atoms with Crippen LogP contribution in [0.3, 0.4) is 0 Å². The molecule has 8 nitrogen and oxygen atoms in total. The van der Waals surface area contributed by atoms with E-state index in [0.29, 0.717) is 24.6 Å². The standard InChI is InChI=1S/C16H20BrFN6O2S/c17-12-10-11(4-5-13(12)18)21-16(22-25)14-15(24-26-23-14)19-6-7-20-27-8-2-1-3-9-27/h4-5,10,25H,1-3,6-9H2,(H,19,24)(H,21,22). The highest BCUT2D eigenvalue weighted by Gasteiger charge is 2.16. The molecule has 2 heterocycles. The first-order valence-corrected chi connectivity index (χ1v) is 10.8. The summed E-state index contributed by atoms with van der Waals surface area (Å²) in [5, 5.41) is 20.1. The molecule has 1 aromatic heterocycles. The first-order valence-electron chi connectivity index (χ1n) is 8.53. The third-order valence-electron chi connectivity index (χ3n) is 3.90. The molecule has 2 aromatic rings. The van der Waals surface area contributed by atoms with Crippen LogP contribution in [-0.4, -0.2) is 46.0 Å². The molecule has 1 aliphatic rings. The van der Waals surface area contributed by atoms with E-state index in [1.807, 2.05) is 5.48 Å². The Balaban J connectivity index is 1.66. The minimum Gasteiger partial charge on any atom is -0.363 e. The molecule has 1 fully saturated rings. The topological polar surface area (TPSA) is 108 Å². The van der Waals surface area contributed by atoms with E-state index in [-0.39, 0.29) is 26.7 Å². The van der Waals surface area contributed by atoms with Crippen molar-refractivity contribution in [3.8, 4) is 0 Å². The molecule has 0 unspecified atom stereocenters. The van der Waals surface area contributed by atoms with Gasteiger partial charge in [-0.15, -0.1) is 10.7 Å². The van der Waals surface area contributed by atoms with Crippen LogP contribution in [0.15, 0.2) is 36.7 Å². The Bertz CT molecular complexity index is 836. The molecule has 0 radical (unpaired) electrons. The van der Waals surface area contributed by atoms with Crippen molar-refractivity contribution in [1.82, 2.24) is 15.8 Å². The Labute approximate surface area is 166 Å². The van der Waals surface area contributed by atoms with E-state index in [0.717, 1.165) is 0 Å². The number of benzene rings is 1. The van der Waals surface area contributed by atoms with Gasteiger partial charge in [-0.05, 0) is 57.3 Å². The molecular formula is C16H20BrFN6O2S. The molecular weight excluding hydrogens is 439 g/mol. The van der Waals surface area contributed by atoms with Crippen LogP contribution >= 0.6 is 15.9 Å². The van der Waals surface area contributed by atoms with Gasteiger partial charge in [-0.25, -0.2) is 14.0 Å². The van der Waals surface area contributed by atoms with Gasteiger partial charge in [0.15, 0.2) is 11.5 Å². The van der Waals surface area contributed by atoms with Crippen LogP contribution in [0.4, 0.5) is 15.9 Å². The van der Waals surface area contributed by atoms with Crippen molar-refractivity contribution in [2.75, 3.05) is 29.9 Å². The largest absolute Gasteiger partial charge is 0.363 e. The van der Waals surface area contributed by atoms with Crippen molar-refractivity contribution in [2.24, 2.45) is 9.36 Å².